The number of carbonyl (C=O) groups is 1. The first-order valence-corrected chi connectivity index (χ1v) is 8.30. The topological polar surface area (TPSA) is 96.0 Å². The number of aromatic nitrogens is 4. The lowest BCUT2D eigenvalue weighted by molar-refractivity contribution is -0.0448. The molecule has 2 aliphatic rings. The third-order valence-electron chi connectivity index (χ3n) is 4.72. The van der Waals surface area contributed by atoms with Gasteiger partial charge in [-0.25, -0.2) is 14.4 Å². The van der Waals surface area contributed by atoms with Crippen molar-refractivity contribution in [2.24, 2.45) is 0 Å². The van der Waals surface area contributed by atoms with Crippen LogP contribution >= 0.6 is 0 Å². The van der Waals surface area contributed by atoms with Crippen LogP contribution in [0.1, 0.15) is 29.8 Å². The van der Waals surface area contributed by atoms with Crippen LogP contribution < -0.4 is 5.32 Å². The van der Waals surface area contributed by atoms with Gasteiger partial charge in [-0.05, 0) is 18.9 Å². The number of ether oxygens (including phenoxy) is 1. The molecule has 0 radical (unpaired) electrons. The van der Waals surface area contributed by atoms with Gasteiger partial charge in [-0.3, -0.25) is 9.89 Å². The highest BCUT2D eigenvalue weighted by Gasteiger charge is 2.44. The van der Waals surface area contributed by atoms with Crippen molar-refractivity contribution in [2.45, 2.75) is 30.9 Å². The summed E-state index contributed by atoms with van der Waals surface area (Å²) in [7, 11) is 0. The molecule has 4 heterocycles. The smallest absolute Gasteiger partial charge is 0.271 e. The molecule has 0 saturated carbocycles. The number of nitrogens with zero attached hydrogens (tertiary/aromatic N) is 4. The highest BCUT2D eigenvalue weighted by molar-refractivity contribution is 5.92. The van der Waals surface area contributed by atoms with Crippen LogP contribution in [-0.4, -0.2) is 62.3 Å². The summed E-state index contributed by atoms with van der Waals surface area (Å²) in [5.74, 6) is -0.142. The van der Waals surface area contributed by atoms with E-state index >= 15 is 0 Å². The quantitative estimate of drug-likeness (QED) is 0.867. The molecule has 2 fully saturated rings. The number of rotatable bonds is 3. The fourth-order valence-corrected chi connectivity index (χ4v) is 3.61. The molecule has 2 atom stereocenters. The lowest BCUT2D eigenvalue weighted by Crippen LogP contribution is -2.50. The summed E-state index contributed by atoms with van der Waals surface area (Å²) in [6.45, 7) is 1.77. The second-order valence-corrected chi connectivity index (χ2v) is 6.56. The van der Waals surface area contributed by atoms with Gasteiger partial charge in [-0.1, -0.05) is 0 Å². The molecule has 1 spiro atoms. The molecule has 9 heteroatoms. The van der Waals surface area contributed by atoms with Crippen LogP contribution in [0.5, 0.6) is 0 Å². The van der Waals surface area contributed by atoms with E-state index in [2.05, 4.69) is 25.5 Å². The Bertz CT molecular complexity index is 738. The molecule has 0 unspecified atom stereocenters. The molecular formula is C16H19FN6O2. The first-order chi connectivity index (χ1) is 12.1. The number of hydrogen-bond acceptors (Lipinski definition) is 6. The maximum atomic E-state index is 12.9. The molecule has 132 valence electrons. The molecule has 2 N–H and O–H groups in total. The number of piperidine rings is 1. The van der Waals surface area contributed by atoms with Crippen molar-refractivity contribution in [3.8, 4) is 0 Å². The van der Waals surface area contributed by atoms with E-state index in [1.165, 1.54) is 0 Å². The number of likely N-dealkylation sites (tertiary alicyclic amines) is 1. The van der Waals surface area contributed by atoms with Crippen molar-refractivity contribution < 1.29 is 13.9 Å². The minimum atomic E-state index is -0.468. The van der Waals surface area contributed by atoms with Crippen molar-refractivity contribution in [1.82, 2.24) is 25.1 Å². The molecule has 1 amide bonds. The van der Waals surface area contributed by atoms with Gasteiger partial charge in [0, 0.05) is 19.2 Å². The summed E-state index contributed by atoms with van der Waals surface area (Å²) in [4.78, 5) is 22.2. The second-order valence-electron chi connectivity index (χ2n) is 6.56. The number of nitrogens with one attached hydrogen (secondary N) is 2. The zero-order valence-corrected chi connectivity index (χ0v) is 13.6. The van der Waals surface area contributed by atoms with Crippen LogP contribution in [0.2, 0.25) is 0 Å². The predicted octanol–water partition coefficient (Wildman–Crippen LogP) is 1.21. The highest BCUT2D eigenvalue weighted by Crippen LogP contribution is 2.35. The number of carbonyl (C=O) groups excluding carboxylic acids is 1. The number of halogens is 1. The Morgan fingerprint density at radius 1 is 1.44 bits per heavy atom. The van der Waals surface area contributed by atoms with E-state index in [1.807, 2.05) is 4.90 Å². The minimum absolute atomic E-state index is 0.0349. The molecule has 2 aromatic rings. The highest BCUT2D eigenvalue weighted by atomic mass is 19.1. The Balaban J connectivity index is 1.40. The normalized spacial score (nSPS) is 26.1. The molecule has 0 aromatic carbocycles. The summed E-state index contributed by atoms with van der Waals surface area (Å²) in [5, 5.41) is 9.73. The number of hydrogen-bond donors (Lipinski definition) is 2. The molecule has 2 aromatic heterocycles. The largest absolute Gasteiger partial charge is 0.371 e. The zero-order valence-electron chi connectivity index (χ0n) is 13.6. The third kappa shape index (κ3) is 3.32. The summed E-state index contributed by atoms with van der Waals surface area (Å²) in [6, 6.07) is 1.71. The average Bonchev–Trinajstić information content (AvgIpc) is 3.27. The van der Waals surface area contributed by atoms with Gasteiger partial charge >= 0.3 is 0 Å². The van der Waals surface area contributed by atoms with Crippen LogP contribution in [0.4, 0.5) is 10.3 Å². The summed E-state index contributed by atoms with van der Waals surface area (Å²) in [6.07, 6.45) is 6.38. The van der Waals surface area contributed by atoms with Crippen molar-refractivity contribution in [1.29, 1.82) is 0 Å². The molecular weight excluding hydrogens is 327 g/mol. The lowest BCUT2D eigenvalue weighted by Gasteiger charge is -2.39. The maximum Gasteiger partial charge on any atom is 0.271 e. The van der Waals surface area contributed by atoms with Crippen LogP contribution in [0.15, 0.2) is 24.7 Å². The minimum Gasteiger partial charge on any atom is -0.371 e. The van der Waals surface area contributed by atoms with Crippen LogP contribution in [0.3, 0.4) is 0 Å². The number of H-pyrrole nitrogens is 1. The number of aromatic amines is 1. The standard InChI is InChI=1S/C16H19FN6O2/c17-11-7-18-15(19-8-11)21-12-6-16(25-9-12)3-1-5-23(10-16)14(24)13-2-4-20-22-13/h2,4,7-8,12H,1,3,5-6,9-10H2,(H,20,22)(H,18,19,21)/t12-,16-/m1/s1. The van der Waals surface area contributed by atoms with E-state index in [-0.39, 0.29) is 17.6 Å². The SMILES string of the molecule is O=C(c1ccn[nH]1)N1CCC[C@@]2(C[C@@H](Nc3ncc(F)cn3)CO2)C1. The number of anilines is 1. The van der Waals surface area contributed by atoms with Crippen LogP contribution in [0.25, 0.3) is 0 Å². The van der Waals surface area contributed by atoms with Crippen LogP contribution in [-0.2, 0) is 4.74 Å². The fraction of sp³-hybridized carbons (Fsp3) is 0.500. The molecule has 0 aliphatic carbocycles. The van der Waals surface area contributed by atoms with Crippen molar-refractivity contribution >= 4 is 11.9 Å². The fourth-order valence-electron chi connectivity index (χ4n) is 3.61. The van der Waals surface area contributed by atoms with Gasteiger partial charge in [-0.15, -0.1) is 0 Å². The Kier molecular flexibility index (Phi) is 4.08. The van der Waals surface area contributed by atoms with E-state index in [9.17, 15) is 9.18 Å². The molecule has 2 saturated heterocycles. The van der Waals surface area contributed by atoms with Crippen molar-refractivity contribution in [3.05, 3.63) is 36.2 Å². The van der Waals surface area contributed by atoms with Gasteiger partial charge in [0.05, 0.1) is 37.2 Å². The zero-order chi connectivity index (χ0) is 17.3. The number of amides is 1. The van der Waals surface area contributed by atoms with Crippen molar-refractivity contribution in [2.75, 3.05) is 25.0 Å². The van der Waals surface area contributed by atoms with Gasteiger partial charge in [0.25, 0.3) is 5.91 Å². The summed E-state index contributed by atoms with van der Waals surface area (Å²) >= 11 is 0. The predicted molar refractivity (Wildman–Crippen MR) is 86.4 cm³/mol. The Morgan fingerprint density at radius 3 is 3.04 bits per heavy atom. The third-order valence-corrected chi connectivity index (χ3v) is 4.72. The molecule has 0 bridgehead atoms. The molecule has 2 aliphatic heterocycles. The summed E-state index contributed by atoms with van der Waals surface area (Å²) in [5.41, 5.74) is 0.135. The van der Waals surface area contributed by atoms with Gasteiger partial charge in [-0.2, -0.15) is 5.10 Å². The Hall–Kier alpha value is -2.55. The molecule has 8 nitrogen and oxygen atoms in total. The lowest BCUT2D eigenvalue weighted by atomic mass is 9.88. The monoisotopic (exact) mass is 346 g/mol. The Morgan fingerprint density at radius 2 is 2.28 bits per heavy atom. The first-order valence-electron chi connectivity index (χ1n) is 8.30. The van der Waals surface area contributed by atoms with Gasteiger partial charge in [0.15, 0.2) is 5.82 Å². The van der Waals surface area contributed by atoms with Gasteiger partial charge < -0.3 is 15.0 Å². The van der Waals surface area contributed by atoms with Gasteiger partial charge in [0.1, 0.15) is 5.69 Å². The van der Waals surface area contributed by atoms with Gasteiger partial charge in [0.2, 0.25) is 5.95 Å². The van der Waals surface area contributed by atoms with E-state index in [4.69, 9.17) is 4.74 Å². The molecule has 4 rings (SSSR count). The first kappa shape index (κ1) is 15.9. The summed E-state index contributed by atoms with van der Waals surface area (Å²) < 4.78 is 19.0. The van der Waals surface area contributed by atoms with Crippen molar-refractivity contribution in [3.63, 3.8) is 0 Å². The Labute approximate surface area is 143 Å². The van der Waals surface area contributed by atoms with E-state index in [0.717, 1.165) is 31.7 Å². The van der Waals surface area contributed by atoms with E-state index in [0.29, 0.717) is 31.3 Å². The maximum absolute atomic E-state index is 12.9. The van der Waals surface area contributed by atoms with E-state index in [1.54, 1.807) is 12.3 Å². The second kappa shape index (κ2) is 6.40. The van der Waals surface area contributed by atoms with E-state index < -0.39 is 5.82 Å². The van der Waals surface area contributed by atoms with Crippen LogP contribution in [0, 0.1) is 5.82 Å². The average molecular weight is 346 g/mol. The molecule has 25 heavy (non-hydrogen) atoms.